The SMILES string of the molecule is C=CC1CC(C(C)C)CC1COCC1(CC)COC1. The van der Waals surface area contributed by atoms with Crippen molar-refractivity contribution >= 4 is 0 Å². The summed E-state index contributed by atoms with van der Waals surface area (Å²) in [7, 11) is 0. The molecule has 0 aromatic carbocycles. The molecule has 1 aliphatic heterocycles. The first-order valence-electron chi connectivity index (χ1n) is 7.88. The minimum absolute atomic E-state index is 0.319. The summed E-state index contributed by atoms with van der Waals surface area (Å²) in [6.07, 6.45) is 5.93. The average molecular weight is 266 g/mol. The molecule has 110 valence electrons. The third-order valence-corrected chi connectivity index (χ3v) is 5.34. The highest BCUT2D eigenvalue weighted by Crippen LogP contribution is 2.41. The van der Waals surface area contributed by atoms with Gasteiger partial charge in [0, 0.05) is 12.0 Å². The molecule has 1 saturated carbocycles. The van der Waals surface area contributed by atoms with Gasteiger partial charge in [0.15, 0.2) is 0 Å². The summed E-state index contributed by atoms with van der Waals surface area (Å²) in [5, 5.41) is 0. The Balaban J connectivity index is 1.77. The molecular weight excluding hydrogens is 236 g/mol. The lowest BCUT2D eigenvalue weighted by molar-refractivity contribution is -0.153. The lowest BCUT2D eigenvalue weighted by Crippen LogP contribution is -2.46. The van der Waals surface area contributed by atoms with Crippen molar-refractivity contribution in [1.29, 1.82) is 0 Å². The normalized spacial score (nSPS) is 33.4. The van der Waals surface area contributed by atoms with Crippen molar-refractivity contribution in [1.82, 2.24) is 0 Å². The van der Waals surface area contributed by atoms with E-state index < -0.39 is 0 Å². The summed E-state index contributed by atoms with van der Waals surface area (Å²) in [6, 6.07) is 0. The Bertz CT molecular complexity index is 288. The molecule has 2 aliphatic rings. The van der Waals surface area contributed by atoms with Gasteiger partial charge in [-0.05, 0) is 42.9 Å². The quantitative estimate of drug-likeness (QED) is 0.650. The molecule has 1 aliphatic carbocycles. The van der Waals surface area contributed by atoms with Gasteiger partial charge in [0.25, 0.3) is 0 Å². The van der Waals surface area contributed by atoms with Crippen LogP contribution in [0.15, 0.2) is 12.7 Å². The van der Waals surface area contributed by atoms with Crippen LogP contribution in [0.5, 0.6) is 0 Å². The van der Waals surface area contributed by atoms with E-state index in [1.807, 2.05) is 0 Å². The van der Waals surface area contributed by atoms with Crippen LogP contribution in [0.3, 0.4) is 0 Å². The number of rotatable bonds is 7. The standard InChI is InChI=1S/C17H30O2/c1-5-14-7-15(13(3)4)8-16(14)9-18-10-17(6-2)11-19-12-17/h5,13-16H,1,6-12H2,2-4H3. The maximum Gasteiger partial charge on any atom is 0.0566 e. The van der Waals surface area contributed by atoms with Crippen LogP contribution in [0.4, 0.5) is 0 Å². The van der Waals surface area contributed by atoms with Crippen LogP contribution in [-0.4, -0.2) is 26.4 Å². The van der Waals surface area contributed by atoms with Crippen LogP contribution in [0.1, 0.15) is 40.0 Å². The number of ether oxygens (including phenoxy) is 2. The second-order valence-electron chi connectivity index (χ2n) is 7.00. The second-order valence-corrected chi connectivity index (χ2v) is 7.00. The maximum atomic E-state index is 6.05. The predicted molar refractivity (Wildman–Crippen MR) is 79.1 cm³/mol. The van der Waals surface area contributed by atoms with Gasteiger partial charge in [0.2, 0.25) is 0 Å². The van der Waals surface area contributed by atoms with Gasteiger partial charge in [0.05, 0.1) is 19.8 Å². The van der Waals surface area contributed by atoms with Crippen molar-refractivity contribution in [3.05, 3.63) is 12.7 Å². The van der Waals surface area contributed by atoms with E-state index in [1.54, 1.807) is 0 Å². The molecule has 0 spiro atoms. The van der Waals surface area contributed by atoms with Crippen molar-refractivity contribution in [3.63, 3.8) is 0 Å². The molecule has 0 aromatic heterocycles. The highest BCUT2D eigenvalue weighted by Gasteiger charge is 2.38. The fourth-order valence-corrected chi connectivity index (χ4v) is 3.43. The van der Waals surface area contributed by atoms with Gasteiger partial charge in [-0.2, -0.15) is 0 Å². The molecule has 0 aromatic rings. The molecule has 2 heteroatoms. The summed E-state index contributed by atoms with van der Waals surface area (Å²) >= 11 is 0. The minimum atomic E-state index is 0.319. The third kappa shape index (κ3) is 3.41. The van der Waals surface area contributed by atoms with Crippen molar-refractivity contribution in [2.75, 3.05) is 26.4 Å². The summed E-state index contributed by atoms with van der Waals surface area (Å²) < 4.78 is 11.4. The largest absolute Gasteiger partial charge is 0.380 e. The van der Waals surface area contributed by atoms with E-state index in [1.165, 1.54) is 12.8 Å². The van der Waals surface area contributed by atoms with Crippen LogP contribution in [0, 0.1) is 29.1 Å². The van der Waals surface area contributed by atoms with E-state index in [0.29, 0.717) is 17.3 Å². The molecule has 1 saturated heterocycles. The fourth-order valence-electron chi connectivity index (χ4n) is 3.43. The summed E-state index contributed by atoms with van der Waals surface area (Å²) in [4.78, 5) is 0. The first-order valence-corrected chi connectivity index (χ1v) is 7.88. The fraction of sp³-hybridized carbons (Fsp3) is 0.882. The Kier molecular flexibility index (Phi) is 5.08. The molecule has 0 amide bonds. The zero-order chi connectivity index (χ0) is 13.9. The molecule has 3 unspecified atom stereocenters. The average Bonchev–Trinajstić information content (AvgIpc) is 2.76. The van der Waals surface area contributed by atoms with Gasteiger partial charge < -0.3 is 9.47 Å². The maximum absolute atomic E-state index is 6.05. The highest BCUT2D eigenvalue weighted by molar-refractivity contribution is 4.94. The smallest absolute Gasteiger partial charge is 0.0566 e. The Morgan fingerprint density at radius 1 is 1.37 bits per heavy atom. The van der Waals surface area contributed by atoms with E-state index >= 15 is 0 Å². The molecule has 19 heavy (non-hydrogen) atoms. The van der Waals surface area contributed by atoms with Crippen LogP contribution in [0.2, 0.25) is 0 Å². The van der Waals surface area contributed by atoms with Gasteiger partial charge in [-0.1, -0.05) is 26.8 Å². The van der Waals surface area contributed by atoms with Crippen molar-refractivity contribution in [2.45, 2.75) is 40.0 Å². The Morgan fingerprint density at radius 3 is 2.58 bits per heavy atom. The summed E-state index contributed by atoms with van der Waals surface area (Å²) in [5.74, 6) is 2.97. The van der Waals surface area contributed by atoms with Gasteiger partial charge in [-0.3, -0.25) is 0 Å². The van der Waals surface area contributed by atoms with E-state index in [0.717, 1.165) is 44.7 Å². The van der Waals surface area contributed by atoms with E-state index in [9.17, 15) is 0 Å². The molecule has 2 nitrogen and oxygen atoms in total. The Hall–Kier alpha value is -0.340. The zero-order valence-electron chi connectivity index (χ0n) is 12.9. The van der Waals surface area contributed by atoms with Gasteiger partial charge in [0.1, 0.15) is 0 Å². The first kappa shape index (κ1) is 15.1. The Morgan fingerprint density at radius 2 is 2.11 bits per heavy atom. The zero-order valence-corrected chi connectivity index (χ0v) is 12.9. The predicted octanol–water partition coefficient (Wildman–Crippen LogP) is 3.91. The topological polar surface area (TPSA) is 18.5 Å². The number of hydrogen-bond acceptors (Lipinski definition) is 2. The summed E-state index contributed by atoms with van der Waals surface area (Å²) in [5.41, 5.74) is 0.319. The molecule has 0 bridgehead atoms. The minimum Gasteiger partial charge on any atom is -0.380 e. The number of allylic oxidation sites excluding steroid dienone is 1. The number of hydrogen-bond donors (Lipinski definition) is 0. The molecule has 2 rings (SSSR count). The highest BCUT2D eigenvalue weighted by atomic mass is 16.5. The van der Waals surface area contributed by atoms with Gasteiger partial charge >= 0.3 is 0 Å². The molecule has 0 radical (unpaired) electrons. The van der Waals surface area contributed by atoms with Crippen LogP contribution in [0.25, 0.3) is 0 Å². The van der Waals surface area contributed by atoms with Crippen molar-refractivity contribution in [3.8, 4) is 0 Å². The van der Waals surface area contributed by atoms with Crippen molar-refractivity contribution < 1.29 is 9.47 Å². The molecular formula is C17H30O2. The van der Waals surface area contributed by atoms with Crippen LogP contribution < -0.4 is 0 Å². The monoisotopic (exact) mass is 266 g/mol. The van der Waals surface area contributed by atoms with E-state index in [-0.39, 0.29) is 0 Å². The lowest BCUT2D eigenvalue weighted by atomic mass is 9.84. The molecule has 0 N–H and O–H groups in total. The second kappa shape index (κ2) is 6.41. The lowest BCUT2D eigenvalue weighted by Gasteiger charge is -2.40. The van der Waals surface area contributed by atoms with Crippen LogP contribution in [-0.2, 0) is 9.47 Å². The molecule has 2 fully saturated rings. The van der Waals surface area contributed by atoms with Gasteiger partial charge in [-0.25, -0.2) is 0 Å². The van der Waals surface area contributed by atoms with E-state index in [2.05, 4.69) is 33.4 Å². The first-order chi connectivity index (χ1) is 9.10. The molecule has 3 atom stereocenters. The summed E-state index contributed by atoms with van der Waals surface area (Å²) in [6.45, 7) is 14.5. The van der Waals surface area contributed by atoms with Crippen LogP contribution >= 0.6 is 0 Å². The van der Waals surface area contributed by atoms with E-state index in [4.69, 9.17) is 9.47 Å². The third-order valence-electron chi connectivity index (χ3n) is 5.34. The molecule has 1 heterocycles. The van der Waals surface area contributed by atoms with Crippen molar-refractivity contribution in [2.24, 2.45) is 29.1 Å². The van der Waals surface area contributed by atoms with Gasteiger partial charge in [-0.15, -0.1) is 6.58 Å². The Labute approximate surface area is 118 Å².